The zero-order valence-electron chi connectivity index (χ0n) is 11.6. The molecule has 1 aromatic rings. The van der Waals surface area contributed by atoms with Gasteiger partial charge in [-0.2, -0.15) is 5.10 Å². The summed E-state index contributed by atoms with van der Waals surface area (Å²) in [6.07, 6.45) is 1.53. The number of hydrogen-bond acceptors (Lipinski definition) is 4. The predicted octanol–water partition coefficient (Wildman–Crippen LogP) is 0.219. The maximum atomic E-state index is 12.2. The van der Waals surface area contributed by atoms with Crippen LogP contribution in [-0.2, 0) is 29.6 Å². The third kappa shape index (κ3) is 2.68. The third-order valence-corrected chi connectivity index (χ3v) is 3.48. The van der Waals surface area contributed by atoms with Crippen molar-refractivity contribution < 1.29 is 9.59 Å². The first kappa shape index (κ1) is 13.7. The molecule has 0 aliphatic carbocycles. The highest BCUT2D eigenvalue weighted by Crippen LogP contribution is 2.12. The number of amides is 2. The summed E-state index contributed by atoms with van der Waals surface area (Å²) in [5.74, 6) is -0.313. The van der Waals surface area contributed by atoms with Crippen LogP contribution in [0.15, 0.2) is 6.07 Å². The molecule has 2 amide bonds. The summed E-state index contributed by atoms with van der Waals surface area (Å²) < 4.78 is 1.74. The summed E-state index contributed by atoms with van der Waals surface area (Å²) in [5, 5.41) is 7.29. The molecule has 104 valence electrons. The molecule has 0 aromatic carbocycles. The van der Waals surface area contributed by atoms with E-state index in [0.717, 1.165) is 17.8 Å². The quantitative estimate of drug-likeness (QED) is 0.790. The molecule has 6 heteroatoms. The van der Waals surface area contributed by atoms with E-state index in [1.54, 1.807) is 4.68 Å². The molecular weight excluding hydrogens is 244 g/mol. The number of hydrogen-bond donors (Lipinski definition) is 1. The molecule has 0 bridgehead atoms. The molecule has 0 saturated carbocycles. The highest BCUT2D eigenvalue weighted by molar-refractivity contribution is 6.01. The van der Waals surface area contributed by atoms with E-state index in [0.29, 0.717) is 13.0 Å². The number of nitrogens with zero attached hydrogens (tertiary/aromatic N) is 3. The number of carbonyl (C=O) groups excluding carboxylic acids is 2. The summed E-state index contributed by atoms with van der Waals surface area (Å²) in [6.45, 7) is 4.49. The molecule has 0 spiro atoms. The summed E-state index contributed by atoms with van der Waals surface area (Å²) in [4.78, 5) is 25.4. The Balaban J connectivity index is 2.17. The van der Waals surface area contributed by atoms with Crippen molar-refractivity contribution >= 4 is 11.8 Å². The minimum absolute atomic E-state index is 0.141. The van der Waals surface area contributed by atoms with Crippen LogP contribution in [0.2, 0.25) is 0 Å². The monoisotopic (exact) mass is 264 g/mol. The molecule has 1 unspecified atom stereocenters. The van der Waals surface area contributed by atoms with Crippen molar-refractivity contribution in [2.24, 2.45) is 7.05 Å². The van der Waals surface area contributed by atoms with Crippen LogP contribution in [0.5, 0.6) is 0 Å². The van der Waals surface area contributed by atoms with Gasteiger partial charge in [0.1, 0.15) is 0 Å². The second kappa shape index (κ2) is 5.52. The molecule has 2 rings (SSSR count). The van der Waals surface area contributed by atoms with Gasteiger partial charge in [-0.05, 0) is 18.9 Å². The topological polar surface area (TPSA) is 67.2 Å². The number of aryl methyl sites for hydroxylation is 2. The van der Waals surface area contributed by atoms with Crippen LogP contribution >= 0.6 is 0 Å². The van der Waals surface area contributed by atoms with Gasteiger partial charge >= 0.3 is 0 Å². The van der Waals surface area contributed by atoms with Crippen LogP contribution in [0.1, 0.15) is 31.7 Å². The minimum atomic E-state index is -0.253. The lowest BCUT2D eigenvalue weighted by Gasteiger charge is -2.30. The van der Waals surface area contributed by atoms with E-state index in [2.05, 4.69) is 10.4 Å². The molecule has 1 fully saturated rings. The van der Waals surface area contributed by atoms with Crippen molar-refractivity contribution in [2.45, 2.75) is 39.3 Å². The molecule has 1 N–H and O–H groups in total. The smallest absolute Gasteiger partial charge is 0.246 e. The standard InChI is InChI=1S/C13H20N4O2/c1-4-9-6-10(16(3)15-9)8-17-12(18)7-14-11(5-2)13(17)19/h6,11,14H,4-5,7-8H2,1-3H3. The van der Waals surface area contributed by atoms with E-state index in [-0.39, 0.29) is 24.4 Å². The summed E-state index contributed by atoms with van der Waals surface area (Å²) >= 11 is 0. The van der Waals surface area contributed by atoms with Crippen molar-refractivity contribution in [1.29, 1.82) is 0 Å². The molecule has 0 radical (unpaired) electrons. The van der Waals surface area contributed by atoms with Crippen molar-refractivity contribution in [3.05, 3.63) is 17.5 Å². The van der Waals surface area contributed by atoms with Crippen LogP contribution < -0.4 is 5.32 Å². The van der Waals surface area contributed by atoms with Gasteiger partial charge in [0, 0.05) is 7.05 Å². The first-order valence-corrected chi connectivity index (χ1v) is 6.66. The summed E-state index contributed by atoms with van der Waals surface area (Å²) in [7, 11) is 1.84. The number of piperazine rings is 1. The van der Waals surface area contributed by atoms with Crippen LogP contribution in [-0.4, -0.2) is 39.1 Å². The Hall–Kier alpha value is -1.69. The van der Waals surface area contributed by atoms with Gasteiger partial charge in [-0.15, -0.1) is 0 Å². The van der Waals surface area contributed by atoms with Crippen molar-refractivity contribution in [3.63, 3.8) is 0 Å². The number of rotatable bonds is 4. The second-order valence-corrected chi connectivity index (χ2v) is 4.76. The van der Waals surface area contributed by atoms with E-state index in [9.17, 15) is 9.59 Å². The Morgan fingerprint density at radius 2 is 2.16 bits per heavy atom. The predicted molar refractivity (Wildman–Crippen MR) is 70.2 cm³/mol. The number of aromatic nitrogens is 2. The lowest BCUT2D eigenvalue weighted by Crippen LogP contribution is -2.57. The van der Waals surface area contributed by atoms with Crippen LogP contribution in [0.25, 0.3) is 0 Å². The van der Waals surface area contributed by atoms with Gasteiger partial charge in [-0.25, -0.2) is 0 Å². The normalized spacial score (nSPS) is 20.2. The van der Waals surface area contributed by atoms with Gasteiger partial charge in [-0.3, -0.25) is 24.5 Å². The number of imide groups is 1. The summed E-state index contributed by atoms with van der Waals surface area (Å²) in [6, 6.07) is 1.69. The molecule has 1 aliphatic rings. The zero-order chi connectivity index (χ0) is 14.0. The zero-order valence-corrected chi connectivity index (χ0v) is 11.6. The van der Waals surface area contributed by atoms with E-state index < -0.39 is 0 Å². The maximum Gasteiger partial charge on any atom is 0.246 e. The van der Waals surface area contributed by atoms with Gasteiger partial charge in [-0.1, -0.05) is 13.8 Å². The number of carbonyl (C=O) groups is 2. The van der Waals surface area contributed by atoms with Gasteiger partial charge in [0.05, 0.1) is 30.5 Å². The average Bonchev–Trinajstić information content (AvgIpc) is 2.75. The van der Waals surface area contributed by atoms with Gasteiger partial charge in [0.15, 0.2) is 0 Å². The molecule has 1 aromatic heterocycles. The molecule has 1 atom stereocenters. The lowest BCUT2D eigenvalue weighted by atomic mass is 10.1. The second-order valence-electron chi connectivity index (χ2n) is 4.76. The molecular formula is C13H20N4O2. The van der Waals surface area contributed by atoms with Crippen LogP contribution in [0.4, 0.5) is 0 Å². The van der Waals surface area contributed by atoms with E-state index in [4.69, 9.17) is 0 Å². The number of nitrogens with one attached hydrogen (secondary N) is 1. The van der Waals surface area contributed by atoms with Gasteiger partial charge in [0.2, 0.25) is 11.8 Å². The third-order valence-electron chi connectivity index (χ3n) is 3.48. The molecule has 1 saturated heterocycles. The first-order valence-electron chi connectivity index (χ1n) is 6.66. The fourth-order valence-electron chi connectivity index (χ4n) is 2.24. The molecule has 6 nitrogen and oxygen atoms in total. The Labute approximate surface area is 112 Å². The Morgan fingerprint density at radius 1 is 1.42 bits per heavy atom. The minimum Gasteiger partial charge on any atom is -0.297 e. The fourth-order valence-corrected chi connectivity index (χ4v) is 2.24. The average molecular weight is 264 g/mol. The highest BCUT2D eigenvalue weighted by atomic mass is 16.2. The van der Waals surface area contributed by atoms with Crippen LogP contribution in [0, 0.1) is 0 Å². The Bertz CT molecular complexity index is 495. The Kier molecular flexibility index (Phi) is 3.99. The first-order chi connectivity index (χ1) is 9.06. The van der Waals surface area contributed by atoms with Crippen molar-refractivity contribution in [1.82, 2.24) is 20.0 Å². The van der Waals surface area contributed by atoms with Gasteiger partial charge in [0.25, 0.3) is 0 Å². The fraction of sp³-hybridized carbons (Fsp3) is 0.615. The largest absolute Gasteiger partial charge is 0.297 e. The van der Waals surface area contributed by atoms with Crippen molar-refractivity contribution in [2.75, 3.05) is 6.54 Å². The lowest BCUT2D eigenvalue weighted by molar-refractivity contribution is -0.150. The molecule has 2 heterocycles. The van der Waals surface area contributed by atoms with Gasteiger partial charge < -0.3 is 0 Å². The van der Waals surface area contributed by atoms with Crippen molar-refractivity contribution in [3.8, 4) is 0 Å². The molecule has 19 heavy (non-hydrogen) atoms. The van der Waals surface area contributed by atoms with E-state index >= 15 is 0 Å². The highest BCUT2D eigenvalue weighted by Gasteiger charge is 2.33. The molecule has 1 aliphatic heterocycles. The Morgan fingerprint density at radius 3 is 2.74 bits per heavy atom. The van der Waals surface area contributed by atoms with E-state index in [1.165, 1.54) is 4.90 Å². The van der Waals surface area contributed by atoms with E-state index in [1.807, 2.05) is 27.0 Å². The maximum absolute atomic E-state index is 12.2. The SMILES string of the molecule is CCc1cc(CN2C(=O)CNC(CC)C2=O)n(C)n1. The van der Waals surface area contributed by atoms with Crippen LogP contribution in [0.3, 0.4) is 0 Å². The summed E-state index contributed by atoms with van der Waals surface area (Å²) in [5.41, 5.74) is 1.86.